The molecule has 0 saturated heterocycles. The van der Waals surface area contributed by atoms with Gasteiger partial charge >= 0.3 is 6.03 Å². The number of urea groups is 1. The molecule has 0 unspecified atom stereocenters. The van der Waals surface area contributed by atoms with Gasteiger partial charge in [-0.25, -0.2) is 9.18 Å². The number of aliphatic hydroxyl groups is 1. The predicted molar refractivity (Wildman–Crippen MR) is 76.6 cm³/mol. The number of hydrogen-bond donors (Lipinski definition) is 3. The van der Waals surface area contributed by atoms with E-state index in [0.29, 0.717) is 12.8 Å². The summed E-state index contributed by atoms with van der Waals surface area (Å²) in [5.74, 6) is 2.07. The van der Waals surface area contributed by atoms with Crippen molar-refractivity contribution >= 4 is 11.7 Å². The Morgan fingerprint density at radius 2 is 2.29 bits per heavy atom. The summed E-state index contributed by atoms with van der Waals surface area (Å²) in [5, 5.41) is 14.9. The van der Waals surface area contributed by atoms with Crippen molar-refractivity contribution in [3.05, 3.63) is 24.0 Å². The maximum absolute atomic E-state index is 13.3. The number of terminal acetylenes is 1. The second kappa shape index (κ2) is 6.46. The Hall–Kier alpha value is -2.26. The molecule has 21 heavy (non-hydrogen) atoms. The van der Waals surface area contributed by atoms with Crippen LogP contribution in [0.1, 0.15) is 19.3 Å². The topological polar surface area (TPSA) is 70.6 Å². The number of amides is 2. The fraction of sp³-hybridized carbons (Fsp3) is 0.400. The Bertz CT molecular complexity index is 565. The van der Waals surface area contributed by atoms with Crippen molar-refractivity contribution in [3.8, 4) is 18.1 Å². The molecule has 1 fully saturated rings. The summed E-state index contributed by atoms with van der Waals surface area (Å²) in [5.41, 5.74) is -0.634. The van der Waals surface area contributed by atoms with Gasteiger partial charge in [-0.15, -0.1) is 6.42 Å². The van der Waals surface area contributed by atoms with Crippen LogP contribution in [0.5, 0.6) is 5.75 Å². The molecule has 2 amide bonds. The van der Waals surface area contributed by atoms with E-state index in [9.17, 15) is 14.3 Å². The molecule has 2 rings (SSSR count). The van der Waals surface area contributed by atoms with Gasteiger partial charge in [-0.1, -0.05) is 5.92 Å². The van der Waals surface area contributed by atoms with E-state index in [1.54, 1.807) is 0 Å². The quantitative estimate of drug-likeness (QED) is 0.726. The summed E-state index contributed by atoms with van der Waals surface area (Å²) < 4.78 is 18.5. The van der Waals surface area contributed by atoms with Crippen molar-refractivity contribution in [2.24, 2.45) is 0 Å². The third kappa shape index (κ3) is 4.10. The second-order valence-corrected chi connectivity index (χ2v) is 5.02. The van der Waals surface area contributed by atoms with E-state index >= 15 is 0 Å². The molecule has 0 spiro atoms. The molecule has 0 radical (unpaired) electrons. The van der Waals surface area contributed by atoms with E-state index in [1.807, 2.05) is 0 Å². The minimum atomic E-state index is -0.817. The van der Waals surface area contributed by atoms with E-state index in [4.69, 9.17) is 11.2 Å². The first kappa shape index (κ1) is 15.1. The highest BCUT2D eigenvalue weighted by molar-refractivity contribution is 5.90. The summed E-state index contributed by atoms with van der Waals surface area (Å²) in [6.45, 7) is 0.177. The minimum absolute atomic E-state index is 0.0156. The van der Waals surface area contributed by atoms with Crippen LogP contribution in [0.25, 0.3) is 0 Å². The van der Waals surface area contributed by atoms with E-state index in [0.717, 1.165) is 12.5 Å². The number of benzene rings is 1. The van der Waals surface area contributed by atoms with Crippen molar-refractivity contribution in [1.29, 1.82) is 0 Å². The number of halogens is 1. The lowest BCUT2D eigenvalue weighted by molar-refractivity contribution is -0.0287. The summed E-state index contributed by atoms with van der Waals surface area (Å²) >= 11 is 0. The SMILES string of the molecule is C#CCOc1ccc(F)cc1NC(=O)NCC1(O)CCC1. The van der Waals surface area contributed by atoms with Crippen molar-refractivity contribution in [1.82, 2.24) is 5.32 Å². The Morgan fingerprint density at radius 3 is 2.90 bits per heavy atom. The van der Waals surface area contributed by atoms with E-state index in [-0.39, 0.29) is 24.6 Å². The van der Waals surface area contributed by atoms with Crippen LogP contribution in [0.4, 0.5) is 14.9 Å². The van der Waals surface area contributed by atoms with Crippen LogP contribution in [0.2, 0.25) is 0 Å². The van der Waals surface area contributed by atoms with Gasteiger partial charge in [0.15, 0.2) is 0 Å². The molecule has 0 heterocycles. The monoisotopic (exact) mass is 292 g/mol. The standard InChI is InChI=1S/C15H17FN2O3/c1-2-8-21-13-5-4-11(16)9-12(13)18-14(19)17-10-15(20)6-3-7-15/h1,4-5,9,20H,3,6-8,10H2,(H2,17,18,19). The zero-order valence-electron chi connectivity index (χ0n) is 11.5. The molecule has 0 aliphatic heterocycles. The van der Waals surface area contributed by atoms with Crippen LogP contribution < -0.4 is 15.4 Å². The molecule has 6 heteroatoms. The van der Waals surface area contributed by atoms with Crippen molar-refractivity contribution in [2.75, 3.05) is 18.5 Å². The van der Waals surface area contributed by atoms with Crippen LogP contribution in [0.15, 0.2) is 18.2 Å². The van der Waals surface area contributed by atoms with Crippen LogP contribution in [-0.2, 0) is 0 Å². The fourth-order valence-corrected chi connectivity index (χ4v) is 2.02. The molecular formula is C15H17FN2O3. The molecule has 5 nitrogen and oxygen atoms in total. The molecule has 112 valence electrons. The van der Waals surface area contributed by atoms with Crippen molar-refractivity contribution in [2.45, 2.75) is 24.9 Å². The fourth-order valence-electron chi connectivity index (χ4n) is 2.02. The molecule has 0 bridgehead atoms. The number of rotatable bonds is 5. The van der Waals surface area contributed by atoms with Crippen LogP contribution in [0, 0.1) is 18.2 Å². The minimum Gasteiger partial charge on any atom is -0.479 e. The zero-order valence-corrected chi connectivity index (χ0v) is 11.5. The maximum Gasteiger partial charge on any atom is 0.319 e. The first-order chi connectivity index (χ1) is 10.0. The lowest BCUT2D eigenvalue weighted by Crippen LogP contribution is -2.48. The first-order valence-corrected chi connectivity index (χ1v) is 6.65. The van der Waals surface area contributed by atoms with Gasteiger partial charge in [0, 0.05) is 12.6 Å². The Balaban J connectivity index is 1.95. The first-order valence-electron chi connectivity index (χ1n) is 6.65. The lowest BCUT2D eigenvalue weighted by atomic mass is 9.80. The summed E-state index contributed by atoms with van der Waals surface area (Å²) in [4.78, 5) is 11.8. The highest BCUT2D eigenvalue weighted by atomic mass is 19.1. The van der Waals surface area contributed by atoms with Crippen LogP contribution in [0.3, 0.4) is 0 Å². The summed E-state index contributed by atoms with van der Waals surface area (Å²) in [7, 11) is 0. The molecule has 1 saturated carbocycles. The van der Waals surface area contributed by atoms with Crippen molar-refractivity contribution < 1.29 is 19.0 Å². The Labute approximate surface area is 122 Å². The van der Waals surface area contributed by atoms with Gasteiger partial charge in [-0.05, 0) is 31.4 Å². The lowest BCUT2D eigenvalue weighted by Gasteiger charge is -2.36. The Morgan fingerprint density at radius 1 is 1.52 bits per heavy atom. The van der Waals surface area contributed by atoms with Gasteiger partial charge in [0.2, 0.25) is 0 Å². The normalized spacial score (nSPS) is 15.5. The average molecular weight is 292 g/mol. The highest BCUT2D eigenvalue weighted by Crippen LogP contribution is 2.30. The number of carbonyl (C=O) groups is 1. The van der Waals surface area contributed by atoms with Crippen LogP contribution in [-0.4, -0.2) is 29.9 Å². The van der Waals surface area contributed by atoms with Crippen LogP contribution >= 0.6 is 0 Å². The molecular weight excluding hydrogens is 275 g/mol. The summed E-state index contributed by atoms with van der Waals surface area (Å²) in [6.07, 6.45) is 7.39. The zero-order chi connectivity index (χ0) is 15.3. The average Bonchev–Trinajstić information content (AvgIpc) is 2.42. The Kier molecular flexibility index (Phi) is 4.66. The highest BCUT2D eigenvalue weighted by Gasteiger charge is 2.34. The van der Waals surface area contributed by atoms with Gasteiger partial charge < -0.3 is 20.5 Å². The van der Waals surface area contributed by atoms with E-state index in [2.05, 4.69) is 16.6 Å². The second-order valence-electron chi connectivity index (χ2n) is 5.02. The number of nitrogens with one attached hydrogen (secondary N) is 2. The molecule has 0 atom stereocenters. The molecule has 1 aliphatic carbocycles. The molecule has 3 N–H and O–H groups in total. The van der Waals surface area contributed by atoms with Gasteiger partial charge in [0.05, 0.1) is 11.3 Å². The number of carbonyl (C=O) groups excluding carboxylic acids is 1. The predicted octanol–water partition coefficient (Wildman–Crippen LogP) is 1.87. The van der Waals surface area contributed by atoms with E-state index in [1.165, 1.54) is 12.1 Å². The molecule has 1 aromatic carbocycles. The molecule has 0 aromatic heterocycles. The van der Waals surface area contributed by atoms with Gasteiger partial charge in [0.1, 0.15) is 18.2 Å². The van der Waals surface area contributed by atoms with Crippen molar-refractivity contribution in [3.63, 3.8) is 0 Å². The third-order valence-corrected chi connectivity index (χ3v) is 3.36. The number of hydrogen-bond acceptors (Lipinski definition) is 3. The van der Waals surface area contributed by atoms with Gasteiger partial charge in [-0.2, -0.15) is 0 Å². The smallest absolute Gasteiger partial charge is 0.319 e. The molecule has 1 aromatic rings. The summed E-state index contributed by atoms with van der Waals surface area (Å²) in [6, 6.07) is 3.21. The van der Waals surface area contributed by atoms with Gasteiger partial charge in [0.25, 0.3) is 0 Å². The number of anilines is 1. The molecule has 1 aliphatic rings. The largest absolute Gasteiger partial charge is 0.479 e. The van der Waals surface area contributed by atoms with E-state index < -0.39 is 17.4 Å². The maximum atomic E-state index is 13.3. The third-order valence-electron chi connectivity index (χ3n) is 3.36. The van der Waals surface area contributed by atoms with Gasteiger partial charge in [-0.3, -0.25) is 0 Å². The number of ether oxygens (including phenoxy) is 1.